The molecular weight excluding hydrogens is 644 g/mol. The summed E-state index contributed by atoms with van der Waals surface area (Å²) in [5.74, 6) is 0.410. The molecule has 0 saturated carbocycles. The number of nitrogens with zero attached hydrogens (tertiary/aromatic N) is 4. The molecule has 9 nitrogen and oxygen atoms in total. The molecule has 0 spiro atoms. The molecule has 7 rings (SSSR count). The summed E-state index contributed by atoms with van der Waals surface area (Å²) in [6.45, 7) is 1.98. The highest BCUT2D eigenvalue weighted by molar-refractivity contribution is 5.84. The molecule has 2 aromatic heterocycles. The number of benzene rings is 3. The topological polar surface area (TPSA) is 105 Å². The zero-order valence-corrected chi connectivity index (χ0v) is 26.9. The molecule has 3 aromatic carbocycles. The number of oxazole rings is 2. The first-order valence-electron chi connectivity index (χ1n) is 16.1. The third kappa shape index (κ3) is 6.52. The van der Waals surface area contributed by atoms with E-state index in [1.807, 2.05) is 50.2 Å². The minimum Gasteiger partial charge on any atom is -0.480 e. The van der Waals surface area contributed by atoms with Crippen LogP contribution < -0.4 is 4.74 Å². The van der Waals surface area contributed by atoms with E-state index in [9.17, 15) is 27.5 Å². The fourth-order valence-electron chi connectivity index (χ4n) is 6.99. The number of alkyl halides is 4. The van der Waals surface area contributed by atoms with Crippen LogP contribution in [0.1, 0.15) is 41.0 Å². The van der Waals surface area contributed by atoms with Crippen molar-refractivity contribution in [1.82, 2.24) is 19.8 Å². The second-order valence-electron chi connectivity index (χ2n) is 12.5. The zero-order valence-electron chi connectivity index (χ0n) is 26.9. The van der Waals surface area contributed by atoms with Gasteiger partial charge in [0.25, 0.3) is 6.43 Å². The number of ether oxygens (including phenoxy) is 1. The lowest BCUT2D eigenvalue weighted by Crippen LogP contribution is -2.35. The normalized spacial score (nSPS) is 17.0. The van der Waals surface area contributed by atoms with Crippen molar-refractivity contribution in [1.29, 1.82) is 0 Å². The van der Waals surface area contributed by atoms with Crippen molar-refractivity contribution in [3.63, 3.8) is 0 Å². The number of carboxylic acid groups (broad SMARTS) is 1. The van der Waals surface area contributed by atoms with E-state index in [1.54, 1.807) is 15.9 Å². The van der Waals surface area contributed by atoms with Gasteiger partial charge in [-0.2, -0.15) is 8.78 Å². The maximum atomic E-state index is 13.4. The molecule has 0 aliphatic carbocycles. The number of hydrogen-bond donors (Lipinski definition) is 1. The SMILES string of the molecule is Cc1c(-c2nc3c(o2)CCN(CC(F)F)C3)cccc1-c1cccc(-c2nc3cc(CN4CCC[C@H]4C(=O)O)c(OC(F)F)cc3o2)c1C. The Balaban J connectivity index is 1.21. The van der Waals surface area contributed by atoms with E-state index in [0.717, 1.165) is 27.8 Å². The number of halogens is 4. The Labute approximate surface area is 279 Å². The Hall–Kier alpha value is -4.75. The van der Waals surface area contributed by atoms with Gasteiger partial charge in [-0.1, -0.05) is 24.3 Å². The molecule has 49 heavy (non-hydrogen) atoms. The Morgan fingerprint density at radius 1 is 0.959 bits per heavy atom. The molecular formula is C36H34F4N4O5. The number of rotatable bonds is 10. The van der Waals surface area contributed by atoms with Crippen LogP contribution in [0.4, 0.5) is 17.6 Å². The predicted octanol–water partition coefficient (Wildman–Crippen LogP) is 7.71. The third-order valence-electron chi connectivity index (χ3n) is 9.43. The summed E-state index contributed by atoms with van der Waals surface area (Å²) >= 11 is 0. The zero-order chi connectivity index (χ0) is 34.4. The smallest absolute Gasteiger partial charge is 0.387 e. The highest BCUT2D eigenvalue weighted by Gasteiger charge is 2.32. The highest BCUT2D eigenvalue weighted by atomic mass is 19.3. The van der Waals surface area contributed by atoms with Gasteiger partial charge in [0, 0.05) is 48.8 Å². The first-order chi connectivity index (χ1) is 23.5. The van der Waals surface area contributed by atoms with Crippen molar-refractivity contribution in [2.75, 3.05) is 19.6 Å². The van der Waals surface area contributed by atoms with E-state index >= 15 is 0 Å². The summed E-state index contributed by atoms with van der Waals surface area (Å²) in [7, 11) is 0. The van der Waals surface area contributed by atoms with Crippen LogP contribution in [0.5, 0.6) is 5.75 Å². The third-order valence-corrected chi connectivity index (χ3v) is 9.43. The van der Waals surface area contributed by atoms with Crippen LogP contribution >= 0.6 is 0 Å². The van der Waals surface area contributed by atoms with E-state index in [0.29, 0.717) is 78.8 Å². The lowest BCUT2D eigenvalue weighted by molar-refractivity contribution is -0.142. The minimum absolute atomic E-state index is 0.0888. The van der Waals surface area contributed by atoms with Crippen LogP contribution in [0.3, 0.4) is 0 Å². The van der Waals surface area contributed by atoms with E-state index < -0.39 is 25.0 Å². The monoisotopic (exact) mass is 678 g/mol. The number of aromatic nitrogens is 2. The molecule has 1 atom stereocenters. The predicted molar refractivity (Wildman–Crippen MR) is 173 cm³/mol. The summed E-state index contributed by atoms with van der Waals surface area (Å²) in [5.41, 5.74) is 6.88. The Kier molecular flexibility index (Phi) is 8.88. The van der Waals surface area contributed by atoms with Gasteiger partial charge in [0.2, 0.25) is 11.8 Å². The van der Waals surface area contributed by atoms with Gasteiger partial charge >= 0.3 is 12.6 Å². The van der Waals surface area contributed by atoms with Gasteiger partial charge in [-0.3, -0.25) is 14.6 Å². The Morgan fingerprint density at radius 3 is 2.29 bits per heavy atom. The summed E-state index contributed by atoms with van der Waals surface area (Å²) < 4.78 is 69.9. The van der Waals surface area contributed by atoms with Gasteiger partial charge in [-0.05, 0) is 73.7 Å². The number of carboxylic acids is 1. The van der Waals surface area contributed by atoms with Crippen molar-refractivity contribution in [3.8, 4) is 39.8 Å². The molecule has 1 N–H and O–H groups in total. The maximum Gasteiger partial charge on any atom is 0.387 e. The van der Waals surface area contributed by atoms with Crippen LogP contribution in [0.15, 0.2) is 57.4 Å². The highest BCUT2D eigenvalue weighted by Crippen LogP contribution is 2.39. The molecule has 4 heterocycles. The number of likely N-dealkylation sites (tertiary alicyclic amines) is 1. The standard InChI is InChI=1S/C36H34F4N4O5/c1-19-22(23-7-4-9-25(20(23)2)34-42-27-17-43(18-32(37)38)13-11-29(27)47-34)6-3-8-24(19)33-41-26-14-21(16-44-12-5-10-28(44)35(45)46)30(49-36(39)40)15-31(26)48-33/h3-4,6-9,14-15,28,32,36H,5,10-13,16-18H2,1-2H3,(H,45,46)/t28-/m0/s1. The van der Waals surface area contributed by atoms with Crippen molar-refractivity contribution in [2.45, 2.75) is 65.3 Å². The van der Waals surface area contributed by atoms with Gasteiger partial charge in [0.1, 0.15) is 23.1 Å². The molecule has 0 amide bonds. The molecule has 0 bridgehead atoms. The summed E-state index contributed by atoms with van der Waals surface area (Å²) in [5, 5.41) is 9.62. The second-order valence-corrected chi connectivity index (χ2v) is 12.5. The average Bonchev–Trinajstić information content (AvgIpc) is 3.79. The summed E-state index contributed by atoms with van der Waals surface area (Å²) in [4.78, 5) is 24.6. The van der Waals surface area contributed by atoms with Crippen molar-refractivity contribution in [2.24, 2.45) is 0 Å². The molecule has 1 fully saturated rings. The quantitative estimate of drug-likeness (QED) is 0.149. The average molecular weight is 679 g/mol. The number of fused-ring (bicyclic) bond motifs is 2. The number of carbonyl (C=O) groups is 1. The maximum absolute atomic E-state index is 13.4. The lowest BCUT2D eigenvalue weighted by Gasteiger charge is -2.24. The molecule has 0 radical (unpaired) electrons. The van der Waals surface area contributed by atoms with Gasteiger partial charge in [-0.25, -0.2) is 18.7 Å². The van der Waals surface area contributed by atoms with E-state index in [2.05, 4.69) is 0 Å². The molecule has 1 saturated heterocycles. The van der Waals surface area contributed by atoms with Gasteiger partial charge in [0.05, 0.1) is 12.2 Å². The van der Waals surface area contributed by atoms with E-state index in [4.69, 9.17) is 23.5 Å². The van der Waals surface area contributed by atoms with Crippen molar-refractivity contribution in [3.05, 3.63) is 76.7 Å². The van der Waals surface area contributed by atoms with Gasteiger partial charge in [-0.15, -0.1) is 0 Å². The second kappa shape index (κ2) is 13.3. The number of aliphatic carboxylic acids is 1. The minimum atomic E-state index is -3.08. The fraction of sp³-hybridized carbons (Fsp3) is 0.361. The van der Waals surface area contributed by atoms with Crippen LogP contribution in [-0.2, 0) is 24.3 Å². The van der Waals surface area contributed by atoms with Gasteiger partial charge < -0.3 is 18.7 Å². The summed E-state index contributed by atoms with van der Waals surface area (Å²) in [6, 6.07) is 13.9. The molecule has 5 aromatic rings. The first-order valence-corrected chi connectivity index (χ1v) is 16.1. The van der Waals surface area contributed by atoms with E-state index in [1.165, 1.54) is 6.07 Å². The van der Waals surface area contributed by atoms with Crippen molar-refractivity contribution < 1.29 is 41.0 Å². The lowest BCUT2D eigenvalue weighted by atomic mass is 9.91. The molecule has 13 heteroatoms. The molecule has 256 valence electrons. The molecule has 2 aliphatic rings. The van der Waals surface area contributed by atoms with Gasteiger partial charge in [0.15, 0.2) is 5.58 Å². The Morgan fingerprint density at radius 2 is 1.63 bits per heavy atom. The summed E-state index contributed by atoms with van der Waals surface area (Å²) in [6.07, 6.45) is -0.725. The number of hydrogen-bond acceptors (Lipinski definition) is 8. The van der Waals surface area contributed by atoms with E-state index in [-0.39, 0.29) is 24.4 Å². The van der Waals surface area contributed by atoms with Crippen LogP contribution in [0, 0.1) is 13.8 Å². The largest absolute Gasteiger partial charge is 0.480 e. The van der Waals surface area contributed by atoms with Crippen LogP contribution in [0.25, 0.3) is 45.1 Å². The van der Waals surface area contributed by atoms with Crippen LogP contribution in [-0.4, -0.2) is 69.6 Å². The van der Waals surface area contributed by atoms with Crippen LogP contribution in [0.2, 0.25) is 0 Å². The molecule has 2 aliphatic heterocycles. The fourth-order valence-corrected chi connectivity index (χ4v) is 6.99. The molecule has 0 unspecified atom stereocenters. The van der Waals surface area contributed by atoms with Crippen molar-refractivity contribution >= 4 is 17.1 Å². The Bertz CT molecular complexity index is 2030. The first kappa shape index (κ1) is 32.8.